The zero-order valence-electron chi connectivity index (χ0n) is 9.52. The second-order valence-electron chi connectivity index (χ2n) is 3.69. The average Bonchev–Trinajstić information content (AvgIpc) is 2.32. The summed E-state index contributed by atoms with van der Waals surface area (Å²) < 4.78 is 14.0. The Morgan fingerprint density at radius 3 is 2.84 bits per heavy atom. The number of rotatable bonds is 2. The van der Waals surface area contributed by atoms with Crippen molar-refractivity contribution in [1.29, 1.82) is 0 Å². The molecule has 0 bridgehead atoms. The molecule has 98 valence electrons. The summed E-state index contributed by atoms with van der Waals surface area (Å²) in [7, 11) is 0. The number of nitrogens with two attached hydrogens (primary N) is 1. The van der Waals surface area contributed by atoms with E-state index in [0.29, 0.717) is 10.2 Å². The number of phenolic OH excluding ortho intramolecular Hbond substituents is 1. The van der Waals surface area contributed by atoms with Crippen molar-refractivity contribution in [2.24, 2.45) is 0 Å². The Kier molecular flexibility index (Phi) is 3.66. The normalized spacial score (nSPS) is 10.2. The number of halogens is 2. The van der Waals surface area contributed by atoms with E-state index in [1.807, 2.05) is 0 Å². The summed E-state index contributed by atoms with van der Waals surface area (Å²) in [4.78, 5) is 15.8. The van der Waals surface area contributed by atoms with Crippen molar-refractivity contribution >= 4 is 33.3 Å². The van der Waals surface area contributed by atoms with Crippen molar-refractivity contribution in [3.05, 3.63) is 46.3 Å². The van der Waals surface area contributed by atoms with E-state index in [9.17, 15) is 14.3 Å². The zero-order chi connectivity index (χ0) is 14.0. The van der Waals surface area contributed by atoms with Crippen LogP contribution in [-0.4, -0.2) is 16.0 Å². The summed E-state index contributed by atoms with van der Waals surface area (Å²) >= 11 is 3.17. The highest BCUT2D eigenvalue weighted by atomic mass is 79.9. The zero-order valence-corrected chi connectivity index (χ0v) is 11.1. The molecule has 0 aliphatic rings. The number of amides is 1. The van der Waals surface area contributed by atoms with Gasteiger partial charge >= 0.3 is 0 Å². The number of nitrogens with one attached hydrogen (secondary N) is 1. The van der Waals surface area contributed by atoms with Crippen LogP contribution < -0.4 is 11.1 Å². The number of aromatic nitrogens is 1. The van der Waals surface area contributed by atoms with Crippen LogP contribution in [0.4, 0.5) is 15.9 Å². The maximum atomic E-state index is 13.5. The molecule has 2 rings (SSSR count). The maximum absolute atomic E-state index is 13.5. The first-order chi connectivity index (χ1) is 8.99. The van der Waals surface area contributed by atoms with Crippen LogP contribution in [0.5, 0.6) is 5.75 Å². The Bertz CT molecular complexity index is 629. The van der Waals surface area contributed by atoms with Gasteiger partial charge in [0.15, 0.2) is 0 Å². The predicted octanol–water partition coefficient (Wildman–Crippen LogP) is 2.52. The SMILES string of the molecule is Nc1cnc(NC(=O)c2c(O)cccc2F)c(Br)c1. The number of carbonyl (C=O) groups is 1. The molecule has 0 saturated heterocycles. The lowest BCUT2D eigenvalue weighted by Gasteiger charge is -2.08. The van der Waals surface area contributed by atoms with E-state index < -0.39 is 23.0 Å². The van der Waals surface area contributed by atoms with Crippen LogP contribution in [0.2, 0.25) is 0 Å². The van der Waals surface area contributed by atoms with E-state index in [-0.39, 0.29) is 5.82 Å². The molecule has 0 atom stereocenters. The molecule has 0 fully saturated rings. The summed E-state index contributed by atoms with van der Waals surface area (Å²) in [5, 5.41) is 11.9. The predicted molar refractivity (Wildman–Crippen MR) is 72.4 cm³/mol. The molecule has 0 unspecified atom stereocenters. The number of carbonyl (C=O) groups excluding carboxylic acids is 1. The minimum Gasteiger partial charge on any atom is -0.507 e. The first-order valence-corrected chi connectivity index (χ1v) is 5.98. The summed E-state index contributed by atoms with van der Waals surface area (Å²) in [5.74, 6) is -1.87. The van der Waals surface area contributed by atoms with Crippen LogP contribution in [0.15, 0.2) is 34.9 Å². The van der Waals surface area contributed by atoms with Crippen LogP contribution in [0.25, 0.3) is 0 Å². The van der Waals surface area contributed by atoms with E-state index in [0.717, 1.165) is 6.07 Å². The van der Waals surface area contributed by atoms with Gasteiger partial charge in [-0.1, -0.05) is 6.07 Å². The fraction of sp³-hybridized carbons (Fsp3) is 0. The minimum absolute atomic E-state index is 0.182. The van der Waals surface area contributed by atoms with Gasteiger partial charge in [0, 0.05) is 0 Å². The van der Waals surface area contributed by atoms with Crippen molar-refractivity contribution < 1.29 is 14.3 Å². The van der Waals surface area contributed by atoms with Gasteiger partial charge < -0.3 is 16.2 Å². The van der Waals surface area contributed by atoms with Gasteiger partial charge in [-0.3, -0.25) is 4.79 Å². The van der Waals surface area contributed by atoms with Crippen molar-refractivity contribution in [2.45, 2.75) is 0 Å². The van der Waals surface area contributed by atoms with Crippen molar-refractivity contribution in [1.82, 2.24) is 4.98 Å². The summed E-state index contributed by atoms with van der Waals surface area (Å²) in [6.45, 7) is 0. The second-order valence-corrected chi connectivity index (χ2v) is 4.54. The lowest BCUT2D eigenvalue weighted by atomic mass is 10.1. The smallest absolute Gasteiger partial charge is 0.263 e. The van der Waals surface area contributed by atoms with E-state index in [1.165, 1.54) is 18.3 Å². The molecule has 0 aliphatic heterocycles. The fourth-order valence-corrected chi connectivity index (χ4v) is 1.92. The lowest BCUT2D eigenvalue weighted by Crippen LogP contribution is -2.15. The third-order valence-electron chi connectivity index (χ3n) is 2.31. The molecule has 1 aromatic heterocycles. The van der Waals surface area contributed by atoms with Crippen molar-refractivity contribution in [3.63, 3.8) is 0 Å². The number of benzene rings is 1. The quantitative estimate of drug-likeness (QED) is 0.791. The molecule has 0 aliphatic carbocycles. The minimum atomic E-state index is -0.816. The number of phenols is 1. The molecule has 1 aromatic carbocycles. The highest BCUT2D eigenvalue weighted by Crippen LogP contribution is 2.25. The van der Waals surface area contributed by atoms with Crippen molar-refractivity contribution in [2.75, 3.05) is 11.1 Å². The maximum Gasteiger partial charge on any atom is 0.263 e. The highest BCUT2D eigenvalue weighted by Gasteiger charge is 2.17. The van der Waals surface area contributed by atoms with Gasteiger partial charge in [0.25, 0.3) is 5.91 Å². The monoisotopic (exact) mass is 325 g/mol. The molecule has 4 N–H and O–H groups in total. The van der Waals surface area contributed by atoms with E-state index in [4.69, 9.17) is 5.73 Å². The average molecular weight is 326 g/mol. The topological polar surface area (TPSA) is 88.2 Å². The van der Waals surface area contributed by atoms with Crippen LogP contribution in [0.1, 0.15) is 10.4 Å². The third-order valence-corrected chi connectivity index (χ3v) is 2.92. The molecule has 0 radical (unpaired) electrons. The van der Waals surface area contributed by atoms with Gasteiger partial charge in [0.2, 0.25) is 0 Å². The Labute approximate surface area is 116 Å². The Morgan fingerprint density at radius 2 is 2.21 bits per heavy atom. The Balaban J connectivity index is 2.31. The lowest BCUT2D eigenvalue weighted by molar-refractivity contribution is 0.102. The summed E-state index contributed by atoms with van der Waals surface area (Å²) in [6, 6.07) is 5.16. The molecular formula is C12H9BrFN3O2. The number of hydrogen-bond acceptors (Lipinski definition) is 4. The number of nitrogen functional groups attached to an aromatic ring is 1. The number of aromatic hydroxyl groups is 1. The highest BCUT2D eigenvalue weighted by molar-refractivity contribution is 9.10. The molecule has 7 heteroatoms. The second kappa shape index (κ2) is 5.23. The molecular weight excluding hydrogens is 317 g/mol. The van der Waals surface area contributed by atoms with Gasteiger partial charge in [-0.25, -0.2) is 9.37 Å². The van der Waals surface area contributed by atoms with Gasteiger partial charge in [-0.05, 0) is 34.1 Å². The van der Waals surface area contributed by atoms with Gasteiger partial charge in [0.1, 0.15) is 22.9 Å². The van der Waals surface area contributed by atoms with E-state index in [1.54, 1.807) is 6.07 Å². The Morgan fingerprint density at radius 1 is 1.47 bits per heavy atom. The van der Waals surface area contributed by atoms with E-state index >= 15 is 0 Å². The molecule has 1 amide bonds. The van der Waals surface area contributed by atoms with Crippen LogP contribution in [0, 0.1) is 5.82 Å². The molecule has 5 nitrogen and oxygen atoms in total. The Hall–Kier alpha value is -2.15. The molecule has 0 spiro atoms. The summed E-state index contributed by atoms with van der Waals surface area (Å²) in [5.41, 5.74) is 5.49. The first kappa shape index (κ1) is 13.3. The molecule has 1 heterocycles. The molecule has 0 saturated carbocycles. The molecule has 19 heavy (non-hydrogen) atoms. The van der Waals surface area contributed by atoms with Crippen LogP contribution in [-0.2, 0) is 0 Å². The van der Waals surface area contributed by atoms with Crippen molar-refractivity contribution in [3.8, 4) is 5.75 Å². The van der Waals surface area contributed by atoms with Gasteiger partial charge in [0.05, 0.1) is 16.4 Å². The van der Waals surface area contributed by atoms with Gasteiger partial charge in [-0.15, -0.1) is 0 Å². The number of hydrogen-bond donors (Lipinski definition) is 3. The number of anilines is 2. The van der Waals surface area contributed by atoms with Crippen LogP contribution in [0.3, 0.4) is 0 Å². The molecule has 2 aromatic rings. The third kappa shape index (κ3) is 2.82. The standard InChI is InChI=1S/C12H9BrFN3O2/c13-7-4-6(15)5-16-11(7)17-12(19)10-8(14)2-1-3-9(10)18/h1-5,18H,15H2,(H,16,17,19). The van der Waals surface area contributed by atoms with E-state index in [2.05, 4.69) is 26.2 Å². The summed E-state index contributed by atoms with van der Waals surface area (Å²) in [6.07, 6.45) is 1.35. The van der Waals surface area contributed by atoms with Gasteiger partial charge in [-0.2, -0.15) is 0 Å². The number of nitrogens with zero attached hydrogens (tertiary/aromatic N) is 1. The van der Waals surface area contributed by atoms with Crippen LogP contribution >= 0.6 is 15.9 Å². The first-order valence-electron chi connectivity index (χ1n) is 5.19. The fourth-order valence-electron chi connectivity index (χ4n) is 1.45. The largest absolute Gasteiger partial charge is 0.507 e. The number of pyridine rings is 1.